The van der Waals surface area contributed by atoms with Crippen LogP contribution in [0.4, 0.5) is 5.95 Å². The van der Waals surface area contributed by atoms with Crippen molar-refractivity contribution in [3.63, 3.8) is 0 Å². The Morgan fingerprint density at radius 1 is 1.21 bits per heavy atom. The maximum Gasteiger partial charge on any atom is 0.227 e. The summed E-state index contributed by atoms with van der Waals surface area (Å²) in [5.74, 6) is 0.259. The number of benzene rings is 1. The molecule has 0 radical (unpaired) electrons. The Bertz CT molecular complexity index is 1060. The summed E-state index contributed by atoms with van der Waals surface area (Å²) < 4.78 is 29.2. The lowest BCUT2D eigenvalue weighted by Gasteiger charge is -2.42. The number of ether oxygens (including phenoxy) is 1. The van der Waals surface area contributed by atoms with E-state index in [2.05, 4.69) is 17.2 Å². The number of carbonyl (C=O) groups excluding carboxylic acids is 1. The molecule has 176 valence electrons. The molecule has 1 aromatic carbocycles. The van der Waals surface area contributed by atoms with Crippen LogP contribution in [0, 0.1) is 5.92 Å². The van der Waals surface area contributed by atoms with E-state index in [1.807, 2.05) is 41.4 Å². The van der Waals surface area contributed by atoms with E-state index in [-0.39, 0.29) is 23.8 Å². The van der Waals surface area contributed by atoms with E-state index in [4.69, 9.17) is 13.8 Å². The molecule has 0 unspecified atom stereocenters. The molecule has 7 heteroatoms. The summed E-state index contributed by atoms with van der Waals surface area (Å²) in [6, 6.07) is 10.2. The number of anilines is 1. The van der Waals surface area contributed by atoms with Crippen molar-refractivity contribution in [1.29, 1.82) is 0 Å². The van der Waals surface area contributed by atoms with Crippen LogP contribution in [-0.2, 0) is 22.5 Å². The van der Waals surface area contributed by atoms with Gasteiger partial charge in [-0.05, 0) is 57.3 Å². The second-order valence-electron chi connectivity index (χ2n) is 9.57. The van der Waals surface area contributed by atoms with E-state index in [9.17, 15) is 4.79 Å². The lowest BCUT2D eigenvalue weighted by Crippen LogP contribution is -2.50. The second-order valence-corrected chi connectivity index (χ2v) is 9.57. The van der Waals surface area contributed by atoms with Crippen LogP contribution in [0.1, 0.15) is 53.0 Å². The summed E-state index contributed by atoms with van der Waals surface area (Å²) in [5, 5.41) is 3.43. The van der Waals surface area contributed by atoms with Crippen LogP contribution in [-0.4, -0.2) is 71.0 Å². The minimum absolute atomic E-state index is 0.0278. The van der Waals surface area contributed by atoms with Crippen molar-refractivity contribution in [2.75, 3.05) is 38.6 Å². The number of likely N-dealkylation sites (N-methyl/N-ethyl adjacent to an activating group) is 1. The maximum atomic E-state index is 14.0. The maximum absolute atomic E-state index is 14.0. The number of hydrogen-bond acceptors (Lipinski definition) is 6. The van der Waals surface area contributed by atoms with Gasteiger partial charge in [0.1, 0.15) is 0 Å². The van der Waals surface area contributed by atoms with E-state index in [0.717, 1.165) is 42.9 Å². The first-order valence-electron chi connectivity index (χ1n) is 13.6. The molecule has 2 saturated heterocycles. The van der Waals surface area contributed by atoms with E-state index in [1.165, 1.54) is 4.90 Å². The first-order chi connectivity index (χ1) is 17.3. The first kappa shape index (κ1) is 18.9. The van der Waals surface area contributed by atoms with Gasteiger partial charge in [-0.25, -0.2) is 9.97 Å². The Hall–Kier alpha value is -2.51. The molecule has 0 bridgehead atoms. The number of piperidine rings is 1. The van der Waals surface area contributed by atoms with Gasteiger partial charge in [0.25, 0.3) is 0 Å². The molecule has 1 N–H and O–H groups in total. The van der Waals surface area contributed by atoms with Crippen LogP contribution in [0.2, 0.25) is 0 Å². The Labute approximate surface area is 200 Å². The predicted octanol–water partition coefficient (Wildman–Crippen LogP) is 3.08. The molecular weight excluding hydrogens is 414 g/mol. The van der Waals surface area contributed by atoms with E-state index < -0.39 is 6.98 Å². The number of nitrogens with one attached hydrogen (secondary N) is 1. The standard InChI is InChI=1S/C26H35N5O2/c1-18-14-20-15-27-26(28-21-9-12-33-13-10-21)29-24(20)17-31(18)25(32)22-8-11-30(2)16-23(22)19-6-4-3-5-7-19/h3-7,15,18,21-23H,8-14,16-17H2,1-2H3,(H,27,28,29)/t18-,22+,23-/m1/s1/i2D3. The third-order valence-corrected chi connectivity index (χ3v) is 7.32. The quantitative estimate of drug-likeness (QED) is 0.769. The van der Waals surface area contributed by atoms with E-state index in [0.29, 0.717) is 44.5 Å². The largest absolute Gasteiger partial charge is 0.381 e. The zero-order valence-electron chi connectivity index (χ0n) is 22.2. The molecule has 0 aliphatic carbocycles. The van der Waals surface area contributed by atoms with Crippen molar-refractivity contribution in [3.05, 3.63) is 53.3 Å². The molecule has 2 aromatic rings. The summed E-state index contributed by atoms with van der Waals surface area (Å²) in [6.45, 7) is 2.57. The monoisotopic (exact) mass is 452 g/mol. The highest BCUT2D eigenvalue weighted by Crippen LogP contribution is 2.35. The number of aromatic nitrogens is 2. The highest BCUT2D eigenvalue weighted by molar-refractivity contribution is 5.80. The number of fused-ring (bicyclic) bond motifs is 1. The van der Waals surface area contributed by atoms with Gasteiger partial charge in [-0.2, -0.15) is 0 Å². The molecule has 1 amide bonds. The lowest BCUT2D eigenvalue weighted by molar-refractivity contribution is -0.141. The van der Waals surface area contributed by atoms with Gasteiger partial charge in [0.15, 0.2) is 0 Å². The summed E-state index contributed by atoms with van der Waals surface area (Å²) >= 11 is 0. The van der Waals surface area contributed by atoms with Gasteiger partial charge in [0.05, 0.1) is 12.2 Å². The smallest absolute Gasteiger partial charge is 0.227 e. The van der Waals surface area contributed by atoms with Gasteiger partial charge in [-0.3, -0.25) is 4.79 Å². The van der Waals surface area contributed by atoms with Gasteiger partial charge in [-0.1, -0.05) is 30.3 Å². The fraction of sp³-hybridized carbons (Fsp3) is 0.577. The molecule has 0 saturated carbocycles. The molecule has 2 fully saturated rings. The molecule has 4 heterocycles. The van der Waals surface area contributed by atoms with Crippen LogP contribution in [0.25, 0.3) is 0 Å². The average Bonchev–Trinajstić information content (AvgIpc) is 2.88. The Kier molecular flexibility index (Phi) is 5.59. The minimum Gasteiger partial charge on any atom is -0.381 e. The number of likely N-dealkylation sites (tertiary alicyclic amines) is 1. The Morgan fingerprint density at radius 3 is 2.82 bits per heavy atom. The van der Waals surface area contributed by atoms with Crippen LogP contribution >= 0.6 is 0 Å². The molecular formula is C26H35N5O2. The van der Waals surface area contributed by atoms with Crippen LogP contribution in [0.15, 0.2) is 36.5 Å². The predicted molar refractivity (Wildman–Crippen MR) is 128 cm³/mol. The molecule has 0 spiro atoms. The normalized spacial score (nSPS) is 28.3. The van der Waals surface area contributed by atoms with Gasteiger partial charge < -0.3 is 19.9 Å². The molecule has 3 aliphatic rings. The highest BCUT2D eigenvalue weighted by Gasteiger charge is 2.39. The van der Waals surface area contributed by atoms with Crippen molar-refractivity contribution in [2.45, 2.75) is 57.2 Å². The molecule has 1 aromatic heterocycles. The van der Waals surface area contributed by atoms with Crippen molar-refractivity contribution < 1.29 is 13.6 Å². The summed E-state index contributed by atoms with van der Waals surface area (Å²) in [5.41, 5.74) is 2.99. The van der Waals surface area contributed by atoms with Gasteiger partial charge in [0, 0.05) is 54.0 Å². The summed E-state index contributed by atoms with van der Waals surface area (Å²) in [6.07, 6.45) is 4.98. The fourth-order valence-electron chi connectivity index (χ4n) is 5.38. The number of nitrogens with zero attached hydrogens (tertiary/aromatic N) is 4. The Balaban J connectivity index is 1.35. The van der Waals surface area contributed by atoms with Gasteiger partial charge in [0.2, 0.25) is 11.9 Å². The highest BCUT2D eigenvalue weighted by atomic mass is 16.5. The van der Waals surface area contributed by atoms with E-state index in [1.54, 1.807) is 0 Å². The third kappa shape index (κ3) is 4.89. The fourth-order valence-corrected chi connectivity index (χ4v) is 5.38. The van der Waals surface area contributed by atoms with Crippen molar-refractivity contribution in [1.82, 2.24) is 19.8 Å². The zero-order chi connectivity index (χ0) is 25.3. The second kappa shape index (κ2) is 9.77. The molecule has 3 atom stereocenters. The summed E-state index contributed by atoms with van der Waals surface area (Å²) in [7, 11) is 0. The van der Waals surface area contributed by atoms with E-state index >= 15 is 0 Å². The molecule has 7 nitrogen and oxygen atoms in total. The first-order valence-corrected chi connectivity index (χ1v) is 12.1. The number of rotatable bonds is 4. The average molecular weight is 453 g/mol. The van der Waals surface area contributed by atoms with Crippen molar-refractivity contribution in [2.24, 2.45) is 5.92 Å². The van der Waals surface area contributed by atoms with Crippen LogP contribution < -0.4 is 5.32 Å². The summed E-state index contributed by atoms with van der Waals surface area (Å²) in [4.78, 5) is 26.8. The topological polar surface area (TPSA) is 70.6 Å². The minimum atomic E-state index is -2.16. The molecule has 3 aliphatic heterocycles. The number of amides is 1. The van der Waals surface area contributed by atoms with Crippen LogP contribution in [0.5, 0.6) is 0 Å². The Morgan fingerprint density at radius 2 is 2.03 bits per heavy atom. The lowest BCUT2D eigenvalue weighted by atomic mass is 9.79. The van der Waals surface area contributed by atoms with Crippen LogP contribution in [0.3, 0.4) is 0 Å². The van der Waals surface area contributed by atoms with Gasteiger partial charge in [-0.15, -0.1) is 0 Å². The molecule has 33 heavy (non-hydrogen) atoms. The number of hydrogen-bond donors (Lipinski definition) is 1. The number of carbonyl (C=O) groups is 1. The molecule has 5 rings (SSSR count). The van der Waals surface area contributed by atoms with Crippen molar-refractivity contribution in [3.8, 4) is 0 Å². The SMILES string of the molecule is [2H]C([2H])([2H])N1CC[C@H](C(=O)N2Cc3nc(NC4CCOCC4)ncc3C[C@H]2C)[C@@H](c2ccccc2)C1. The van der Waals surface area contributed by atoms with Crippen molar-refractivity contribution >= 4 is 11.9 Å². The van der Waals surface area contributed by atoms with Gasteiger partial charge >= 0.3 is 0 Å². The zero-order valence-corrected chi connectivity index (χ0v) is 19.2. The third-order valence-electron chi connectivity index (χ3n) is 7.32.